The number of hydrogen-bond acceptors (Lipinski definition) is 4. The first-order valence-electron chi connectivity index (χ1n) is 8.13. The minimum Gasteiger partial charge on any atom is -0.341 e. The van der Waals surface area contributed by atoms with Gasteiger partial charge in [0.1, 0.15) is 0 Å². The molecule has 1 aromatic rings. The van der Waals surface area contributed by atoms with Crippen LogP contribution >= 0.6 is 0 Å². The first-order chi connectivity index (χ1) is 11.2. The Morgan fingerprint density at radius 2 is 1.79 bits per heavy atom. The van der Waals surface area contributed by atoms with E-state index in [9.17, 15) is 18.0 Å². The second kappa shape index (κ2) is 7.44. The molecule has 1 aliphatic heterocycles. The number of sulfonamides is 1. The van der Waals surface area contributed by atoms with E-state index in [1.807, 2.05) is 13.8 Å². The SMILES string of the molecule is CC(=O)c1cccc(S(=O)(=O)N2CCCN(C(=O)C(C)C)CC2)c1. The van der Waals surface area contributed by atoms with Gasteiger partial charge in [0, 0.05) is 37.7 Å². The lowest BCUT2D eigenvalue weighted by Crippen LogP contribution is -2.38. The first kappa shape index (κ1) is 18.6. The van der Waals surface area contributed by atoms with Crippen LogP contribution in [0, 0.1) is 5.92 Å². The van der Waals surface area contributed by atoms with E-state index in [0.717, 1.165) is 0 Å². The summed E-state index contributed by atoms with van der Waals surface area (Å²) in [7, 11) is -3.67. The smallest absolute Gasteiger partial charge is 0.243 e. The quantitative estimate of drug-likeness (QED) is 0.774. The van der Waals surface area contributed by atoms with Crippen molar-refractivity contribution in [3.8, 4) is 0 Å². The van der Waals surface area contributed by atoms with Crippen molar-refractivity contribution in [1.82, 2.24) is 9.21 Å². The highest BCUT2D eigenvalue weighted by atomic mass is 32.2. The van der Waals surface area contributed by atoms with Crippen molar-refractivity contribution < 1.29 is 18.0 Å². The molecule has 1 aromatic carbocycles. The second-order valence-electron chi connectivity index (χ2n) is 6.32. The fourth-order valence-electron chi connectivity index (χ4n) is 2.74. The van der Waals surface area contributed by atoms with Gasteiger partial charge in [0.05, 0.1) is 4.90 Å². The van der Waals surface area contributed by atoms with Gasteiger partial charge in [-0.3, -0.25) is 9.59 Å². The molecule has 24 heavy (non-hydrogen) atoms. The van der Waals surface area contributed by atoms with Gasteiger partial charge in [0.15, 0.2) is 5.78 Å². The summed E-state index contributed by atoms with van der Waals surface area (Å²) in [5, 5.41) is 0. The third kappa shape index (κ3) is 4.02. The number of carbonyl (C=O) groups is 2. The molecule has 1 aliphatic rings. The van der Waals surface area contributed by atoms with Crippen molar-refractivity contribution in [1.29, 1.82) is 0 Å². The molecule has 0 saturated carbocycles. The molecule has 1 amide bonds. The van der Waals surface area contributed by atoms with Gasteiger partial charge in [-0.15, -0.1) is 0 Å². The molecule has 0 N–H and O–H groups in total. The van der Waals surface area contributed by atoms with Crippen LogP contribution in [0.4, 0.5) is 0 Å². The van der Waals surface area contributed by atoms with Crippen LogP contribution in [0.1, 0.15) is 37.6 Å². The normalized spacial score (nSPS) is 16.9. The van der Waals surface area contributed by atoms with E-state index in [4.69, 9.17) is 0 Å². The maximum atomic E-state index is 12.8. The molecule has 0 atom stereocenters. The van der Waals surface area contributed by atoms with Gasteiger partial charge in [-0.2, -0.15) is 4.31 Å². The second-order valence-corrected chi connectivity index (χ2v) is 8.26. The van der Waals surface area contributed by atoms with Crippen LogP contribution in [0.15, 0.2) is 29.2 Å². The average Bonchev–Trinajstić information content (AvgIpc) is 2.80. The molecular weight excluding hydrogens is 328 g/mol. The lowest BCUT2D eigenvalue weighted by Gasteiger charge is -2.23. The van der Waals surface area contributed by atoms with Crippen LogP contribution in [0.3, 0.4) is 0 Å². The molecular formula is C17H24N2O4S. The Labute approximate surface area is 143 Å². The van der Waals surface area contributed by atoms with E-state index in [2.05, 4.69) is 0 Å². The number of Topliss-reactive ketones (excluding diaryl/α,β-unsaturated/α-hetero) is 1. The van der Waals surface area contributed by atoms with Gasteiger partial charge in [-0.05, 0) is 25.5 Å². The van der Waals surface area contributed by atoms with Crippen molar-refractivity contribution in [2.45, 2.75) is 32.1 Å². The van der Waals surface area contributed by atoms with Gasteiger partial charge in [0.2, 0.25) is 15.9 Å². The van der Waals surface area contributed by atoms with E-state index in [1.54, 1.807) is 17.0 Å². The average molecular weight is 352 g/mol. The lowest BCUT2D eigenvalue weighted by atomic mass is 10.2. The third-order valence-corrected chi connectivity index (χ3v) is 6.03. The number of amides is 1. The number of benzene rings is 1. The van der Waals surface area contributed by atoms with Crippen molar-refractivity contribution in [3.05, 3.63) is 29.8 Å². The molecule has 2 rings (SSSR count). The molecule has 1 saturated heterocycles. The molecule has 0 unspecified atom stereocenters. The molecule has 1 fully saturated rings. The fraction of sp³-hybridized carbons (Fsp3) is 0.529. The van der Waals surface area contributed by atoms with Gasteiger partial charge in [-0.1, -0.05) is 26.0 Å². The topological polar surface area (TPSA) is 74.8 Å². The van der Waals surface area contributed by atoms with Crippen molar-refractivity contribution in [2.75, 3.05) is 26.2 Å². The Bertz CT molecular complexity index is 728. The van der Waals surface area contributed by atoms with Crippen molar-refractivity contribution >= 4 is 21.7 Å². The van der Waals surface area contributed by atoms with Gasteiger partial charge in [0.25, 0.3) is 0 Å². The Kier molecular flexibility index (Phi) is 5.77. The number of rotatable bonds is 4. The van der Waals surface area contributed by atoms with Crippen molar-refractivity contribution in [3.63, 3.8) is 0 Å². The number of ketones is 1. The van der Waals surface area contributed by atoms with Gasteiger partial charge >= 0.3 is 0 Å². The lowest BCUT2D eigenvalue weighted by molar-refractivity contribution is -0.134. The summed E-state index contributed by atoms with van der Waals surface area (Å²) in [5.74, 6) is -0.218. The monoisotopic (exact) mass is 352 g/mol. The molecule has 6 nitrogen and oxygen atoms in total. The van der Waals surface area contributed by atoms with Crippen LogP contribution in [0.5, 0.6) is 0 Å². The zero-order valence-corrected chi connectivity index (χ0v) is 15.2. The summed E-state index contributed by atoms with van der Waals surface area (Å²) < 4.78 is 27.1. The zero-order chi connectivity index (χ0) is 17.9. The van der Waals surface area contributed by atoms with Crippen LogP contribution in [0.2, 0.25) is 0 Å². The van der Waals surface area contributed by atoms with E-state index >= 15 is 0 Å². The molecule has 0 aliphatic carbocycles. The van der Waals surface area contributed by atoms with E-state index < -0.39 is 10.0 Å². The minimum atomic E-state index is -3.67. The first-order valence-corrected chi connectivity index (χ1v) is 9.57. The van der Waals surface area contributed by atoms with E-state index in [-0.39, 0.29) is 29.0 Å². The number of nitrogens with zero attached hydrogens (tertiary/aromatic N) is 2. The predicted octanol–water partition coefficient (Wildman–Crippen LogP) is 1.77. The molecule has 0 spiro atoms. The van der Waals surface area contributed by atoms with Crippen LogP contribution in [-0.4, -0.2) is 55.5 Å². The molecule has 132 valence electrons. The number of hydrogen-bond donors (Lipinski definition) is 0. The van der Waals surface area contributed by atoms with Crippen LogP contribution in [-0.2, 0) is 14.8 Å². The Morgan fingerprint density at radius 3 is 2.42 bits per heavy atom. The maximum absolute atomic E-state index is 12.8. The standard InChI is InChI=1S/C17H24N2O4S/c1-13(2)17(21)18-8-5-9-19(11-10-18)24(22,23)16-7-4-6-15(12-16)14(3)20/h4,6-7,12-13H,5,8-11H2,1-3H3. The Hall–Kier alpha value is -1.73. The summed E-state index contributed by atoms with van der Waals surface area (Å²) in [6.07, 6.45) is 0.601. The zero-order valence-electron chi connectivity index (χ0n) is 14.4. The van der Waals surface area contributed by atoms with Gasteiger partial charge in [-0.25, -0.2) is 8.42 Å². The molecule has 0 radical (unpaired) electrons. The summed E-state index contributed by atoms with van der Waals surface area (Å²) in [5.41, 5.74) is 0.377. The molecule has 7 heteroatoms. The highest BCUT2D eigenvalue weighted by molar-refractivity contribution is 7.89. The molecule has 1 heterocycles. The number of carbonyl (C=O) groups excluding carboxylic acids is 2. The summed E-state index contributed by atoms with van der Waals surface area (Å²) in [6.45, 7) is 6.69. The molecule has 0 bridgehead atoms. The van der Waals surface area contributed by atoms with E-state index in [0.29, 0.717) is 31.6 Å². The fourth-order valence-corrected chi connectivity index (χ4v) is 4.26. The van der Waals surface area contributed by atoms with Crippen LogP contribution < -0.4 is 0 Å². The largest absolute Gasteiger partial charge is 0.341 e. The summed E-state index contributed by atoms with van der Waals surface area (Å²) in [4.78, 5) is 25.5. The van der Waals surface area contributed by atoms with Crippen LogP contribution in [0.25, 0.3) is 0 Å². The highest BCUT2D eigenvalue weighted by Crippen LogP contribution is 2.19. The van der Waals surface area contributed by atoms with Gasteiger partial charge < -0.3 is 4.90 Å². The third-order valence-electron chi connectivity index (χ3n) is 4.14. The Balaban J connectivity index is 2.20. The maximum Gasteiger partial charge on any atom is 0.243 e. The molecule has 0 aromatic heterocycles. The Morgan fingerprint density at radius 1 is 1.08 bits per heavy atom. The minimum absolute atomic E-state index is 0.0489. The predicted molar refractivity (Wildman–Crippen MR) is 91.2 cm³/mol. The highest BCUT2D eigenvalue weighted by Gasteiger charge is 2.29. The van der Waals surface area contributed by atoms with E-state index in [1.165, 1.54) is 23.4 Å². The summed E-state index contributed by atoms with van der Waals surface area (Å²) in [6, 6.07) is 6.10. The van der Waals surface area contributed by atoms with Crippen molar-refractivity contribution in [2.24, 2.45) is 5.92 Å². The summed E-state index contributed by atoms with van der Waals surface area (Å²) >= 11 is 0.